The highest BCUT2D eigenvalue weighted by Gasteiger charge is 2.45. The highest BCUT2D eigenvalue weighted by molar-refractivity contribution is 6.25. The number of piperidine rings is 1. The highest BCUT2D eigenvalue weighted by atomic mass is 16.6. The molecule has 8 rings (SSSR count). The van der Waals surface area contributed by atoms with Gasteiger partial charge in [0.05, 0.1) is 81.3 Å². The van der Waals surface area contributed by atoms with Crippen LogP contribution in [0.3, 0.4) is 0 Å². The van der Waals surface area contributed by atoms with Crippen molar-refractivity contribution in [2.24, 2.45) is 5.73 Å². The number of hydrogen-bond acceptors (Lipinski definition) is 15. The van der Waals surface area contributed by atoms with Crippen LogP contribution in [0, 0.1) is 0 Å². The normalized spacial score (nSPS) is 18.9. The number of rotatable bonds is 21. The monoisotopic (exact) mass is 864 g/mol. The molecule has 332 valence electrons. The zero-order valence-corrected chi connectivity index (χ0v) is 34.9. The fourth-order valence-corrected chi connectivity index (χ4v) is 8.28. The Hall–Kier alpha value is -6.25. The Morgan fingerprint density at radius 1 is 0.810 bits per heavy atom. The second-order valence-corrected chi connectivity index (χ2v) is 15.6. The van der Waals surface area contributed by atoms with Crippen molar-refractivity contribution >= 4 is 68.4 Å². The lowest BCUT2D eigenvalue weighted by atomic mass is 9.91. The van der Waals surface area contributed by atoms with Gasteiger partial charge in [-0.15, -0.1) is 0 Å². The third-order valence-corrected chi connectivity index (χ3v) is 11.5. The number of nitrogens with zero attached hydrogens (tertiary/aromatic N) is 4. The van der Waals surface area contributed by atoms with Crippen LogP contribution in [-0.2, 0) is 35.1 Å². The molecule has 3 atom stereocenters. The standard InChI is InChI=1S/C44H52N10O9/c45-29-6-1-2-7-31(29)49-36-25-33-39(42(57)48-26-47-33)40(51-36)50-30-8-4-10-34-27(30)13-15-53(34)16-18-61-20-22-63-24-23-62-21-19-60-17-14-46-32-9-3-5-28-38(32)44(59)54(43(28)58)35-11-12-37(55)52-41(35)56/h3-5,8-10,13,15,25-26,29,31,35,46H,1-2,6-7,11-12,14,16-24,45H2,(H,47,48,57)(H2,49,50,51)(H,52,55,56)/t29-,31+,35?/m0/s1. The van der Waals surface area contributed by atoms with Gasteiger partial charge in [0.1, 0.15) is 23.1 Å². The molecule has 0 radical (unpaired) electrons. The summed E-state index contributed by atoms with van der Waals surface area (Å²) in [6.45, 7) is 4.20. The smallest absolute Gasteiger partial charge is 0.264 e. The topological polar surface area (TPSA) is 246 Å². The van der Waals surface area contributed by atoms with Crippen LogP contribution >= 0.6 is 0 Å². The molecule has 7 N–H and O–H groups in total. The number of H-pyrrole nitrogens is 1. The van der Waals surface area contributed by atoms with E-state index in [-0.39, 0.29) is 41.6 Å². The lowest BCUT2D eigenvalue weighted by molar-refractivity contribution is -0.136. The number of amides is 4. The lowest BCUT2D eigenvalue weighted by Crippen LogP contribution is -2.54. The van der Waals surface area contributed by atoms with Crippen LogP contribution < -0.4 is 32.6 Å². The summed E-state index contributed by atoms with van der Waals surface area (Å²) in [6, 6.07) is 13.8. The fraction of sp³-hybridized carbons (Fsp3) is 0.432. The summed E-state index contributed by atoms with van der Waals surface area (Å²) in [7, 11) is 0. The summed E-state index contributed by atoms with van der Waals surface area (Å²) in [5.41, 5.74) is 9.37. The third-order valence-electron chi connectivity index (χ3n) is 11.5. The molecule has 1 saturated carbocycles. The van der Waals surface area contributed by atoms with Crippen LogP contribution in [-0.4, -0.2) is 126 Å². The predicted molar refractivity (Wildman–Crippen MR) is 234 cm³/mol. The Morgan fingerprint density at radius 3 is 2.32 bits per heavy atom. The molecule has 2 aromatic carbocycles. The molecule has 63 heavy (non-hydrogen) atoms. The molecule has 19 nitrogen and oxygen atoms in total. The number of carbonyl (C=O) groups excluding carboxylic acids is 4. The Bertz CT molecular complexity index is 2530. The number of benzene rings is 2. The highest BCUT2D eigenvalue weighted by Crippen LogP contribution is 2.33. The van der Waals surface area contributed by atoms with Gasteiger partial charge in [-0.25, -0.2) is 9.97 Å². The van der Waals surface area contributed by atoms with Crippen LogP contribution in [0.25, 0.3) is 21.8 Å². The van der Waals surface area contributed by atoms with Crippen LogP contribution in [0.2, 0.25) is 0 Å². The molecule has 5 aromatic rings. The summed E-state index contributed by atoms with van der Waals surface area (Å²) in [4.78, 5) is 76.0. The quantitative estimate of drug-likeness (QED) is 0.0458. The van der Waals surface area contributed by atoms with Crippen LogP contribution in [0.5, 0.6) is 0 Å². The Kier molecular flexibility index (Phi) is 14.0. The maximum absolute atomic E-state index is 13.2. The van der Waals surface area contributed by atoms with Crippen molar-refractivity contribution < 1.29 is 38.1 Å². The fourth-order valence-electron chi connectivity index (χ4n) is 8.28. The van der Waals surface area contributed by atoms with E-state index in [2.05, 4.69) is 35.8 Å². The minimum Gasteiger partial charge on any atom is -0.382 e. The molecule has 3 aliphatic rings. The maximum Gasteiger partial charge on any atom is 0.264 e. The van der Waals surface area contributed by atoms with Crippen molar-refractivity contribution in [3.63, 3.8) is 0 Å². The van der Waals surface area contributed by atoms with E-state index in [0.29, 0.717) is 94.2 Å². The van der Waals surface area contributed by atoms with Gasteiger partial charge in [0.25, 0.3) is 17.4 Å². The van der Waals surface area contributed by atoms with E-state index < -0.39 is 29.7 Å². The van der Waals surface area contributed by atoms with E-state index in [1.54, 1.807) is 24.3 Å². The van der Waals surface area contributed by atoms with Gasteiger partial charge in [0.2, 0.25) is 11.8 Å². The van der Waals surface area contributed by atoms with Gasteiger partial charge in [-0.05, 0) is 49.6 Å². The van der Waals surface area contributed by atoms with E-state index in [4.69, 9.17) is 29.7 Å². The summed E-state index contributed by atoms with van der Waals surface area (Å²) >= 11 is 0. The Labute approximate surface area is 362 Å². The molecule has 1 aliphatic carbocycles. The van der Waals surface area contributed by atoms with Crippen molar-refractivity contribution in [1.29, 1.82) is 0 Å². The van der Waals surface area contributed by atoms with E-state index in [1.165, 1.54) is 6.33 Å². The molecular formula is C44H52N10O9. The second-order valence-electron chi connectivity index (χ2n) is 15.6. The van der Waals surface area contributed by atoms with Gasteiger partial charge < -0.3 is 50.2 Å². The number of nitrogens with one attached hydrogen (secondary N) is 5. The van der Waals surface area contributed by atoms with Gasteiger partial charge in [0, 0.05) is 60.6 Å². The minimum atomic E-state index is -1.02. The number of aromatic nitrogens is 4. The zero-order chi connectivity index (χ0) is 43.7. The molecule has 1 unspecified atom stereocenters. The number of hydrogen-bond donors (Lipinski definition) is 6. The number of fused-ring (bicyclic) bond motifs is 3. The zero-order valence-electron chi connectivity index (χ0n) is 34.9. The molecule has 2 fully saturated rings. The average Bonchev–Trinajstić information content (AvgIpc) is 3.81. The number of carbonyl (C=O) groups is 4. The first-order chi connectivity index (χ1) is 30.8. The molecule has 0 spiro atoms. The summed E-state index contributed by atoms with van der Waals surface area (Å²) in [5.74, 6) is -1.15. The lowest BCUT2D eigenvalue weighted by Gasteiger charge is -2.29. The number of pyridine rings is 1. The number of anilines is 4. The van der Waals surface area contributed by atoms with Crippen molar-refractivity contribution in [3.05, 3.63) is 82.5 Å². The number of imide groups is 2. The van der Waals surface area contributed by atoms with Crippen LogP contribution in [0.15, 0.2) is 65.8 Å². The van der Waals surface area contributed by atoms with Crippen molar-refractivity contribution in [3.8, 4) is 0 Å². The summed E-state index contributed by atoms with van der Waals surface area (Å²) in [6.07, 6.45) is 7.71. The third kappa shape index (κ3) is 10.0. The van der Waals surface area contributed by atoms with E-state index in [0.717, 1.165) is 47.2 Å². The van der Waals surface area contributed by atoms with Gasteiger partial charge in [-0.3, -0.25) is 34.2 Å². The predicted octanol–water partition coefficient (Wildman–Crippen LogP) is 3.28. The molecule has 0 bridgehead atoms. The number of aromatic amines is 1. The number of ether oxygens (including phenoxy) is 4. The van der Waals surface area contributed by atoms with Gasteiger partial charge in [0.15, 0.2) is 0 Å². The van der Waals surface area contributed by atoms with Gasteiger partial charge >= 0.3 is 0 Å². The SMILES string of the molecule is N[C@H]1CCCC[C@H]1Nc1cc2nc[nH]c(=O)c2c(Nc2cccc3c2ccn3CCOCCOCCOCCOCCNc2cccc3c2C(=O)N(C2CCC(=O)NC2=O)C3=O)n1. The minimum absolute atomic E-state index is 0.0351. The summed E-state index contributed by atoms with van der Waals surface area (Å²) < 4.78 is 24.9. The molecule has 19 heteroatoms. The van der Waals surface area contributed by atoms with Crippen molar-refractivity contribution in [1.82, 2.24) is 29.7 Å². The van der Waals surface area contributed by atoms with Crippen LogP contribution in [0.4, 0.5) is 23.0 Å². The summed E-state index contributed by atoms with van der Waals surface area (Å²) in [5, 5.41) is 13.6. The molecule has 3 aromatic heterocycles. The maximum atomic E-state index is 13.2. The largest absolute Gasteiger partial charge is 0.382 e. The molecule has 2 aliphatic heterocycles. The first-order valence-electron chi connectivity index (χ1n) is 21.4. The van der Waals surface area contributed by atoms with E-state index >= 15 is 0 Å². The first-order valence-corrected chi connectivity index (χ1v) is 21.4. The molecule has 1 saturated heterocycles. The van der Waals surface area contributed by atoms with E-state index in [1.807, 2.05) is 30.5 Å². The Morgan fingerprint density at radius 2 is 1.54 bits per heavy atom. The number of nitrogens with two attached hydrogens (primary N) is 1. The molecule has 4 amide bonds. The van der Waals surface area contributed by atoms with Crippen molar-refractivity contribution in [2.75, 3.05) is 75.4 Å². The Balaban J connectivity index is 0.708. The van der Waals surface area contributed by atoms with Crippen LogP contribution in [0.1, 0.15) is 59.2 Å². The first kappa shape index (κ1) is 43.4. The van der Waals surface area contributed by atoms with Gasteiger partial charge in [-0.1, -0.05) is 25.0 Å². The second kappa shape index (κ2) is 20.3. The molecular weight excluding hydrogens is 813 g/mol. The molecule has 5 heterocycles. The van der Waals surface area contributed by atoms with E-state index in [9.17, 15) is 24.0 Å². The average molecular weight is 865 g/mol. The van der Waals surface area contributed by atoms with Gasteiger partial charge in [-0.2, -0.15) is 0 Å². The van der Waals surface area contributed by atoms with Crippen molar-refractivity contribution in [2.45, 2.75) is 63.2 Å².